The van der Waals surface area contributed by atoms with E-state index in [-0.39, 0.29) is 0 Å². The molecule has 0 radical (unpaired) electrons. The Kier molecular flexibility index (Phi) is 3.94. The summed E-state index contributed by atoms with van der Waals surface area (Å²) in [6.07, 6.45) is 8.52. The lowest BCUT2D eigenvalue weighted by Gasteiger charge is -2.02. The van der Waals surface area contributed by atoms with E-state index in [1.54, 1.807) is 10.9 Å². The fourth-order valence-electron chi connectivity index (χ4n) is 1.94. The van der Waals surface area contributed by atoms with E-state index in [1.165, 1.54) is 5.56 Å². The Labute approximate surface area is 107 Å². The molecule has 2 heterocycles. The van der Waals surface area contributed by atoms with E-state index in [1.807, 2.05) is 24.1 Å². The van der Waals surface area contributed by atoms with Gasteiger partial charge < -0.3 is 5.32 Å². The molecule has 2 aromatic rings. The second-order valence-electron chi connectivity index (χ2n) is 4.24. The zero-order valence-electron chi connectivity index (χ0n) is 10.9. The molecule has 0 saturated carbocycles. The first-order valence-electron chi connectivity index (χ1n) is 6.10. The molecule has 2 aromatic heterocycles. The van der Waals surface area contributed by atoms with Gasteiger partial charge in [-0.05, 0) is 6.42 Å². The zero-order chi connectivity index (χ0) is 13.0. The number of nitrogens with one attached hydrogen (secondary N) is 1. The number of nitrogens with zero attached hydrogens (tertiary/aromatic N) is 4. The summed E-state index contributed by atoms with van der Waals surface area (Å²) in [7, 11) is 1.96. The van der Waals surface area contributed by atoms with Gasteiger partial charge in [0.1, 0.15) is 0 Å². The molecular formula is C13H19N5. The Balaban J connectivity index is 1.89. The highest BCUT2D eigenvalue weighted by Crippen LogP contribution is 2.07. The minimum absolute atomic E-state index is 0.798. The lowest BCUT2D eigenvalue weighted by molar-refractivity contribution is 0.688. The molecule has 0 amide bonds. The van der Waals surface area contributed by atoms with Crippen molar-refractivity contribution < 1.29 is 0 Å². The Morgan fingerprint density at radius 3 is 2.89 bits per heavy atom. The maximum Gasteiger partial charge on any atom is 0.0666 e. The number of aromatic nitrogens is 4. The summed E-state index contributed by atoms with van der Waals surface area (Å²) >= 11 is 0. The monoisotopic (exact) mass is 245 g/mol. The number of aryl methyl sites for hydroxylation is 2. The average molecular weight is 245 g/mol. The predicted molar refractivity (Wildman–Crippen MR) is 71.7 cm³/mol. The highest BCUT2D eigenvalue weighted by atomic mass is 15.3. The quantitative estimate of drug-likeness (QED) is 0.840. The van der Waals surface area contributed by atoms with Crippen molar-refractivity contribution >= 4 is 6.20 Å². The van der Waals surface area contributed by atoms with Crippen LogP contribution in [0, 0.1) is 0 Å². The van der Waals surface area contributed by atoms with Crippen LogP contribution >= 0.6 is 0 Å². The van der Waals surface area contributed by atoms with Crippen LogP contribution in [0.2, 0.25) is 0 Å². The third-order valence-electron chi connectivity index (χ3n) is 2.81. The van der Waals surface area contributed by atoms with Gasteiger partial charge in [-0.25, -0.2) is 4.68 Å². The van der Waals surface area contributed by atoms with E-state index in [2.05, 4.69) is 35.2 Å². The molecule has 0 aliphatic rings. The molecule has 0 aliphatic carbocycles. The van der Waals surface area contributed by atoms with Crippen LogP contribution in [0.25, 0.3) is 6.20 Å². The summed E-state index contributed by atoms with van der Waals surface area (Å²) in [6.45, 7) is 7.42. The van der Waals surface area contributed by atoms with Crippen LogP contribution in [0.3, 0.4) is 0 Å². The van der Waals surface area contributed by atoms with Crippen LogP contribution in [-0.4, -0.2) is 19.6 Å². The molecule has 2 rings (SSSR count). The SMILES string of the molecule is C=Cn1cc(CNCc2cn(C)nc2CC)cn1. The van der Waals surface area contributed by atoms with Crippen LogP contribution in [0.5, 0.6) is 0 Å². The minimum Gasteiger partial charge on any atom is -0.308 e. The second-order valence-corrected chi connectivity index (χ2v) is 4.24. The molecule has 0 aromatic carbocycles. The summed E-state index contributed by atoms with van der Waals surface area (Å²) in [4.78, 5) is 0. The van der Waals surface area contributed by atoms with E-state index in [9.17, 15) is 0 Å². The van der Waals surface area contributed by atoms with Gasteiger partial charge in [0.2, 0.25) is 0 Å². The van der Waals surface area contributed by atoms with E-state index >= 15 is 0 Å². The van der Waals surface area contributed by atoms with Gasteiger partial charge in [0.15, 0.2) is 0 Å². The van der Waals surface area contributed by atoms with Gasteiger partial charge in [-0.15, -0.1) is 0 Å². The Morgan fingerprint density at radius 2 is 2.22 bits per heavy atom. The topological polar surface area (TPSA) is 47.7 Å². The third kappa shape index (κ3) is 2.87. The highest BCUT2D eigenvalue weighted by Gasteiger charge is 2.05. The summed E-state index contributed by atoms with van der Waals surface area (Å²) in [5, 5.41) is 12.0. The molecule has 5 heteroatoms. The standard InChI is InChI=1S/C13H19N5/c1-4-13-12(10-17(3)16-13)8-14-6-11-7-15-18(5-2)9-11/h5,7,9-10,14H,2,4,6,8H2,1,3H3. The summed E-state index contributed by atoms with van der Waals surface area (Å²) in [6, 6.07) is 0. The third-order valence-corrected chi connectivity index (χ3v) is 2.81. The highest BCUT2D eigenvalue weighted by molar-refractivity contribution is 5.19. The minimum atomic E-state index is 0.798. The average Bonchev–Trinajstić information content (AvgIpc) is 2.96. The van der Waals surface area contributed by atoms with E-state index < -0.39 is 0 Å². The van der Waals surface area contributed by atoms with Crippen LogP contribution in [0.15, 0.2) is 25.2 Å². The maximum absolute atomic E-state index is 4.42. The smallest absolute Gasteiger partial charge is 0.0666 e. The normalized spacial score (nSPS) is 10.8. The van der Waals surface area contributed by atoms with Crippen LogP contribution < -0.4 is 5.32 Å². The van der Waals surface area contributed by atoms with E-state index in [4.69, 9.17) is 0 Å². The lowest BCUT2D eigenvalue weighted by Crippen LogP contribution is -2.12. The molecule has 0 bridgehead atoms. The fourth-order valence-corrected chi connectivity index (χ4v) is 1.94. The molecule has 0 spiro atoms. The van der Waals surface area contributed by atoms with Crippen LogP contribution in [0.1, 0.15) is 23.7 Å². The van der Waals surface area contributed by atoms with Gasteiger partial charge >= 0.3 is 0 Å². The van der Waals surface area contributed by atoms with Crippen LogP contribution in [-0.2, 0) is 26.6 Å². The molecule has 1 N–H and O–H groups in total. The van der Waals surface area contributed by atoms with Crippen molar-refractivity contribution in [3.63, 3.8) is 0 Å². The molecule has 0 fully saturated rings. The van der Waals surface area contributed by atoms with Crippen molar-refractivity contribution in [1.82, 2.24) is 24.9 Å². The molecule has 0 aliphatic heterocycles. The Hall–Kier alpha value is -1.88. The van der Waals surface area contributed by atoms with Gasteiger partial charge in [-0.1, -0.05) is 13.5 Å². The first kappa shape index (κ1) is 12.6. The summed E-state index contributed by atoms with van der Waals surface area (Å²) in [5.74, 6) is 0. The first-order chi connectivity index (χ1) is 8.72. The Bertz CT molecular complexity index is 523. The molecular weight excluding hydrogens is 226 g/mol. The van der Waals surface area contributed by atoms with Crippen molar-refractivity contribution in [2.24, 2.45) is 7.05 Å². The number of hydrogen-bond acceptors (Lipinski definition) is 3. The van der Waals surface area contributed by atoms with Gasteiger partial charge in [0, 0.05) is 49.9 Å². The fraction of sp³-hybridized carbons (Fsp3) is 0.385. The molecule has 0 atom stereocenters. The summed E-state index contributed by atoms with van der Waals surface area (Å²) < 4.78 is 3.57. The van der Waals surface area contributed by atoms with Gasteiger partial charge in [-0.2, -0.15) is 10.2 Å². The second kappa shape index (κ2) is 5.64. The maximum atomic E-state index is 4.42. The largest absolute Gasteiger partial charge is 0.308 e. The molecule has 5 nitrogen and oxygen atoms in total. The molecule has 18 heavy (non-hydrogen) atoms. The van der Waals surface area contributed by atoms with E-state index in [0.29, 0.717) is 0 Å². The van der Waals surface area contributed by atoms with Crippen molar-refractivity contribution in [2.45, 2.75) is 26.4 Å². The van der Waals surface area contributed by atoms with E-state index in [0.717, 1.165) is 30.8 Å². The number of rotatable bonds is 6. The first-order valence-corrected chi connectivity index (χ1v) is 6.10. The number of hydrogen-bond donors (Lipinski definition) is 1. The van der Waals surface area contributed by atoms with Crippen molar-refractivity contribution in [3.05, 3.63) is 42.0 Å². The predicted octanol–water partition coefficient (Wildman–Crippen LogP) is 1.57. The zero-order valence-corrected chi connectivity index (χ0v) is 10.9. The van der Waals surface area contributed by atoms with Crippen molar-refractivity contribution in [1.29, 1.82) is 0 Å². The summed E-state index contributed by atoms with van der Waals surface area (Å²) in [5.41, 5.74) is 3.57. The van der Waals surface area contributed by atoms with Crippen molar-refractivity contribution in [3.8, 4) is 0 Å². The van der Waals surface area contributed by atoms with Gasteiger partial charge in [-0.3, -0.25) is 4.68 Å². The van der Waals surface area contributed by atoms with Crippen molar-refractivity contribution in [2.75, 3.05) is 0 Å². The van der Waals surface area contributed by atoms with Gasteiger partial charge in [0.25, 0.3) is 0 Å². The molecule has 0 saturated heterocycles. The Morgan fingerprint density at radius 1 is 1.39 bits per heavy atom. The van der Waals surface area contributed by atoms with Gasteiger partial charge in [0.05, 0.1) is 11.9 Å². The molecule has 96 valence electrons. The lowest BCUT2D eigenvalue weighted by atomic mass is 10.2. The molecule has 0 unspecified atom stereocenters. The van der Waals surface area contributed by atoms with Crippen LogP contribution in [0.4, 0.5) is 0 Å².